The Morgan fingerprint density at radius 1 is 0.905 bits per heavy atom. The Morgan fingerprint density at radius 3 is 2.48 bits per heavy atom. The molecule has 3 nitrogen and oxygen atoms in total. The number of ether oxygens (including phenoxy) is 2. The van der Waals surface area contributed by atoms with Gasteiger partial charge in [0.05, 0.1) is 0 Å². The van der Waals surface area contributed by atoms with Gasteiger partial charge in [-0.1, -0.05) is 6.07 Å². The van der Waals surface area contributed by atoms with E-state index in [1.165, 1.54) is 12.1 Å². The van der Waals surface area contributed by atoms with E-state index in [2.05, 4.69) is 5.32 Å². The van der Waals surface area contributed by atoms with Gasteiger partial charge in [0.25, 0.3) is 0 Å². The van der Waals surface area contributed by atoms with E-state index in [1.54, 1.807) is 0 Å². The smallest absolute Gasteiger partial charge is 0.231 e. The van der Waals surface area contributed by atoms with Crippen LogP contribution < -0.4 is 14.8 Å². The van der Waals surface area contributed by atoms with Gasteiger partial charge < -0.3 is 14.8 Å². The largest absolute Gasteiger partial charge is 0.454 e. The van der Waals surface area contributed by atoms with Gasteiger partial charge in [-0.05, 0) is 48.4 Å². The molecule has 3 rings (SSSR count). The molecule has 110 valence electrons. The predicted molar refractivity (Wildman–Crippen MR) is 74.3 cm³/mol. The van der Waals surface area contributed by atoms with Crippen molar-refractivity contribution < 1.29 is 18.3 Å². The third kappa shape index (κ3) is 3.49. The van der Waals surface area contributed by atoms with E-state index in [-0.39, 0.29) is 6.79 Å². The summed E-state index contributed by atoms with van der Waals surface area (Å²) in [6.07, 6.45) is 0.569. The van der Waals surface area contributed by atoms with Crippen molar-refractivity contribution >= 4 is 0 Å². The molecule has 2 aromatic rings. The van der Waals surface area contributed by atoms with E-state index in [0.717, 1.165) is 23.1 Å². The minimum atomic E-state index is -0.541. The summed E-state index contributed by atoms with van der Waals surface area (Å²) >= 11 is 0. The molecule has 1 aliphatic heterocycles. The van der Waals surface area contributed by atoms with Crippen LogP contribution in [0, 0.1) is 11.6 Å². The molecule has 0 aromatic heterocycles. The van der Waals surface area contributed by atoms with Crippen LogP contribution in [-0.4, -0.2) is 13.3 Å². The lowest BCUT2D eigenvalue weighted by molar-refractivity contribution is 0.174. The fourth-order valence-electron chi connectivity index (χ4n) is 2.27. The zero-order chi connectivity index (χ0) is 14.7. The van der Waals surface area contributed by atoms with Crippen molar-refractivity contribution in [3.8, 4) is 11.5 Å². The van der Waals surface area contributed by atoms with Gasteiger partial charge in [0.15, 0.2) is 11.5 Å². The maximum atomic E-state index is 13.0. The monoisotopic (exact) mass is 291 g/mol. The molecule has 0 bridgehead atoms. The highest BCUT2D eigenvalue weighted by molar-refractivity contribution is 5.44. The molecule has 0 fully saturated rings. The Kier molecular flexibility index (Phi) is 4.01. The molecule has 0 saturated heterocycles. The molecule has 1 heterocycles. The molecule has 1 aliphatic rings. The number of benzene rings is 2. The molecular formula is C16H15F2NO2. The second kappa shape index (κ2) is 6.10. The van der Waals surface area contributed by atoms with E-state index in [4.69, 9.17) is 9.47 Å². The fraction of sp³-hybridized carbons (Fsp3) is 0.250. The van der Waals surface area contributed by atoms with Gasteiger partial charge in [0, 0.05) is 12.6 Å². The molecule has 0 atom stereocenters. The van der Waals surface area contributed by atoms with Gasteiger partial charge in [-0.15, -0.1) is 0 Å². The normalized spacial score (nSPS) is 12.7. The minimum absolute atomic E-state index is 0.261. The van der Waals surface area contributed by atoms with Crippen LogP contribution in [0.4, 0.5) is 8.78 Å². The highest BCUT2D eigenvalue weighted by Crippen LogP contribution is 2.32. The lowest BCUT2D eigenvalue weighted by Gasteiger charge is -2.06. The summed E-state index contributed by atoms with van der Waals surface area (Å²) in [5, 5.41) is 3.24. The Balaban J connectivity index is 1.50. The Morgan fingerprint density at radius 2 is 1.67 bits per heavy atom. The minimum Gasteiger partial charge on any atom is -0.454 e. The summed E-state index contributed by atoms with van der Waals surface area (Å²) in [5.41, 5.74) is 1.72. The quantitative estimate of drug-likeness (QED) is 0.859. The standard InChI is InChI=1S/C16H15F2NO2/c17-13-5-11(6-14(18)8-13)3-4-19-9-12-1-2-15-16(7-12)21-10-20-15/h1-2,5-8,19H,3-4,9-10H2. The molecule has 2 aromatic carbocycles. The number of halogens is 2. The first kappa shape index (κ1) is 13.8. The fourth-order valence-corrected chi connectivity index (χ4v) is 2.27. The van der Waals surface area contributed by atoms with Crippen LogP contribution in [0.2, 0.25) is 0 Å². The van der Waals surface area contributed by atoms with Gasteiger partial charge in [0.2, 0.25) is 6.79 Å². The molecule has 21 heavy (non-hydrogen) atoms. The first-order valence-electron chi connectivity index (χ1n) is 6.75. The summed E-state index contributed by atoms with van der Waals surface area (Å²) in [5.74, 6) is 0.428. The van der Waals surface area contributed by atoms with E-state index >= 15 is 0 Å². The highest BCUT2D eigenvalue weighted by atomic mass is 19.1. The Labute approximate surface area is 121 Å². The Bertz CT molecular complexity index is 626. The van der Waals surface area contributed by atoms with Crippen molar-refractivity contribution in [2.75, 3.05) is 13.3 Å². The number of nitrogens with one attached hydrogen (secondary N) is 1. The van der Waals surface area contributed by atoms with Crippen molar-refractivity contribution in [2.24, 2.45) is 0 Å². The first-order chi connectivity index (χ1) is 10.2. The van der Waals surface area contributed by atoms with Crippen molar-refractivity contribution in [2.45, 2.75) is 13.0 Å². The molecule has 5 heteroatoms. The third-order valence-corrected chi connectivity index (χ3v) is 3.28. The predicted octanol–water partition coefficient (Wildman–Crippen LogP) is 3.03. The molecule has 0 aliphatic carbocycles. The Hall–Kier alpha value is -2.14. The van der Waals surface area contributed by atoms with Crippen molar-refractivity contribution in [1.29, 1.82) is 0 Å². The van der Waals surface area contributed by atoms with Crippen LogP contribution in [0.25, 0.3) is 0 Å². The topological polar surface area (TPSA) is 30.5 Å². The second-order valence-corrected chi connectivity index (χ2v) is 4.89. The van der Waals surface area contributed by atoms with E-state index in [1.807, 2.05) is 18.2 Å². The van der Waals surface area contributed by atoms with Gasteiger partial charge in [-0.3, -0.25) is 0 Å². The van der Waals surface area contributed by atoms with Crippen LogP contribution in [-0.2, 0) is 13.0 Å². The van der Waals surface area contributed by atoms with Crippen molar-refractivity contribution in [3.05, 3.63) is 59.2 Å². The average Bonchev–Trinajstić information content (AvgIpc) is 2.90. The van der Waals surface area contributed by atoms with E-state index in [0.29, 0.717) is 25.1 Å². The summed E-state index contributed by atoms with van der Waals surface area (Å²) in [6.45, 7) is 1.56. The molecule has 0 saturated carbocycles. The summed E-state index contributed by atoms with van der Waals surface area (Å²) < 4.78 is 36.6. The number of fused-ring (bicyclic) bond motifs is 1. The third-order valence-electron chi connectivity index (χ3n) is 3.28. The first-order valence-corrected chi connectivity index (χ1v) is 6.75. The molecule has 0 spiro atoms. The van der Waals surface area contributed by atoms with Gasteiger partial charge in [-0.2, -0.15) is 0 Å². The lowest BCUT2D eigenvalue weighted by Crippen LogP contribution is -2.16. The zero-order valence-corrected chi connectivity index (χ0v) is 11.4. The van der Waals surface area contributed by atoms with Crippen LogP contribution >= 0.6 is 0 Å². The van der Waals surface area contributed by atoms with E-state index in [9.17, 15) is 8.78 Å². The number of rotatable bonds is 5. The molecule has 1 N–H and O–H groups in total. The number of hydrogen-bond donors (Lipinski definition) is 1. The van der Waals surface area contributed by atoms with Gasteiger partial charge in [-0.25, -0.2) is 8.78 Å². The SMILES string of the molecule is Fc1cc(F)cc(CCNCc2ccc3c(c2)OCO3)c1. The number of hydrogen-bond acceptors (Lipinski definition) is 3. The van der Waals surface area contributed by atoms with Gasteiger partial charge in [0.1, 0.15) is 11.6 Å². The summed E-state index contributed by atoms with van der Waals surface area (Å²) in [7, 11) is 0. The molecular weight excluding hydrogens is 276 g/mol. The van der Waals surface area contributed by atoms with Gasteiger partial charge >= 0.3 is 0 Å². The van der Waals surface area contributed by atoms with Crippen LogP contribution in [0.1, 0.15) is 11.1 Å². The lowest BCUT2D eigenvalue weighted by atomic mass is 10.1. The average molecular weight is 291 g/mol. The zero-order valence-electron chi connectivity index (χ0n) is 11.4. The molecule has 0 amide bonds. The van der Waals surface area contributed by atoms with Crippen molar-refractivity contribution in [3.63, 3.8) is 0 Å². The van der Waals surface area contributed by atoms with Crippen molar-refractivity contribution in [1.82, 2.24) is 5.32 Å². The summed E-state index contributed by atoms with van der Waals surface area (Å²) in [6, 6.07) is 9.35. The maximum Gasteiger partial charge on any atom is 0.231 e. The highest BCUT2D eigenvalue weighted by Gasteiger charge is 2.12. The maximum absolute atomic E-state index is 13.0. The molecule has 0 unspecified atom stereocenters. The van der Waals surface area contributed by atoms with E-state index < -0.39 is 11.6 Å². The second-order valence-electron chi connectivity index (χ2n) is 4.89. The van der Waals surface area contributed by atoms with Crippen LogP contribution in [0.15, 0.2) is 36.4 Å². The van der Waals surface area contributed by atoms with Crippen LogP contribution in [0.3, 0.4) is 0 Å². The van der Waals surface area contributed by atoms with Crippen LogP contribution in [0.5, 0.6) is 11.5 Å². The molecule has 0 radical (unpaired) electrons. The summed E-state index contributed by atoms with van der Waals surface area (Å²) in [4.78, 5) is 0.